The molecular weight excluding hydrogens is 250 g/mol. The molecule has 1 N–H and O–H groups in total. The molecule has 19 heavy (non-hydrogen) atoms. The van der Waals surface area contributed by atoms with Crippen LogP contribution in [0.3, 0.4) is 0 Å². The van der Waals surface area contributed by atoms with Crippen LogP contribution in [0.4, 0.5) is 0 Å². The SMILES string of the molecule is CCNC(c1ccc(CC)s1)C1CC(C)CC(C)C1. The first kappa shape index (κ1) is 15.1. The zero-order valence-electron chi connectivity index (χ0n) is 12.9. The second-order valence-corrected chi connectivity index (χ2v) is 7.57. The van der Waals surface area contributed by atoms with Crippen LogP contribution < -0.4 is 5.32 Å². The molecule has 0 aromatic carbocycles. The van der Waals surface area contributed by atoms with Crippen molar-refractivity contribution in [2.75, 3.05) is 6.54 Å². The molecule has 0 bridgehead atoms. The van der Waals surface area contributed by atoms with Crippen molar-refractivity contribution in [3.8, 4) is 0 Å². The van der Waals surface area contributed by atoms with Gasteiger partial charge in [0.1, 0.15) is 0 Å². The van der Waals surface area contributed by atoms with Crippen LogP contribution in [0.5, 0.6) is 0 Å². The third-order valence-electron chi connectivity index (χ3n) is 4.45. The van der Waals surface area contributed by atoms with Crippen molar-refractivity contribution in [2.24, 2.45) is 17.8 Å². The van der Waals surface area contributed by atoms with Crippen LogP contribution in [0.25, 0.3) is 0 Å². The Labute approximate surface area is 122 Å². The highest BCUT2D eigenvalue weighted by Crippen LogP contribution is 2.41. The molecule has 1 aliphatic rings. The number of aryl methyl sites for hydroxylation is 1. The Bertz CT molecular complexity index is 374. The third kappa shape index (κ3) is 3.82. The summed E-state index contributed by atoms with van der Waals surface area (Å²) in [5.41, 5.74) is 0. The van der Waals surface area contributed by atoms with E-state index in [1.165, 1.54) is 30.6 Å². The maximum Gasteiger partial charge on any atom is 0.0443 e. The van der Waals surface area contributed by atoms with Crippen LogP contribution in [-0.2, 0) is 6.42 Å². The largest absolute Gasteiger partial charge is 0.309 e. The minimum atomic E-state index is 0.584. The molecule has 2 rings (SSSR count). The molecule has 1 nitrogen and oxygen atoms in total. The summed E-state index contributed by atoms with van der Waals surface area (Å²) >= 11 is 2.01. The van der Waals surface area contributed by atoms with E-state index in [1.54, 1.807) is 4.88 Å². The Hall–Kier alpha value is -0.340. The van der Waals surface area contributed by atoms with E-state index in [9.17, 15) is 0 Å². The van der Waals surface area contributed by atoms with Crippen LogP contribution in [0.15, 0.2) is 12.1 Å². The predicted octanol–water partition coefficient (Wildman–Crippen LogP) is 5.03. The number of nitrogens with one attached hydrogen (secondary N) is 1. The van der Waals surface area contributed by atoms with Gasteiger partial charge in [-0.15, -0.1) is 11.3 Å². The maximum atomic E-state index is 3.76. The van der Waals surface area contributed by atoms with Gasteiger partial charge in [0.25, 0.3) is 0 Å². The normalized spacial score (nSPS) is 29.4. The topological polar surface area (TPSA) is 12.0 Å². The Morgan fingerprint density at radius 3 is 2.37 bits per heavy atom. The van der Waals surface area contributed by atoms with Crippen molar-refractivity contribution in [2.45, 2.75) is 59.4 Å². The number of hydrogen-bond acceptors (Lipinski definition) is 2. The summed E-state index contributed by atoms with van der Waals surface area (Å²) < 4.78 is 0. The zero-order valence-corrected chi connectivity index (χ0v) is 13.7. The Kier molecular flexibility index (Phi) is 5.47. The average molecular weight is 279 g/mol. The van der Waals surface area contributed by atoms with Gasteiger partial charge in [0.05, 0.1) is 0 Å². The standard InChI is InChI=1S/C17H29NS/c1-5-15-7-8-16(19-15)17(18-6-2)14-10-12(3)9-13(4)11-14/h7-8,12-14,17-18H,5-6,9-11H2,1-4H3. The van der Waals surface area contributed by atoms with E-state index in [4.69, 9.17) is 0 Å². The predicted molar refractivity (Wildman–Crippen MR) is 85.8 cm³/mol. The van der Waals surface area contributed by atoms with E-state index < -0.39 is 0 Å². The Balaban J connectivity index is 2.14. The summed E-state index contributed by atoms with van der Waals surface area (Å²) in [6.07, 6.45) is 5.36. The molecule has 1 saturated carbocycles. The lowest BCUT2D eigenvalue weighted by molar-refractivity contribution is 0.179. The van der Waals surface area contributed by atoms with Crippen molar-refractivity contribution >= 4 is 11.3 Å². The highest BCUT2D eigenvalue weighted by molar-refractivity contribution is 7.12. The molecule has 0 radical (unpaired) electrons. The Morgan fingerprint density at radius 1 is 1.16 bits per heavy atom. The van der Waals surface area contributed by atoms with Crippen LogP contribution in [-0.4, -0.2) is 6.54 Å². The maximum absolute atomic E-state index is 3.76. The monoisotopic (exact) mass is 279 g/mol. The van der Waals surface area contributed by atoms with E-state index >= 15 is 0 Å². The smallest absolute Gasteiger partial charge is 0.0443 e. The number of hydrogen-bond donors (Lipinski definition) is 1. The lowest BCUT2D eigenvalue weighted by Crippen LogP contribution is -2.32. The van der Waals surface area contributed by atoms with Crippen LogP contribution in [0.1, 0.15) is 62.8 Å². The van der Waals surface area contributed by atoms with Gasteiger partial charge < -0.3 is 5.32 Å². The van der Waals surface area contributed by atoms with Gasteiger partial charge in [-0.3, -0.25) is 0 Å². The molecule has 0 aliphatic heterocycles. The first-order chi connectivity index (χ1) is 9.13. The van der Waals surface area contributed by atoms with Gasteiger partial charge in [-0.25, -0.2) is 0 Å². The quantitative estimate of drug-likeness (QED) is 0.797. The highest BCUT2D eigenvalue weighted by Gasteiger charge is 2.31. The highest BCUT2D eigenvalue weighted by atomic mass is 32.1. The fraction of sp³-hybridized carbons (Fsp3) is 0.765. The van der Waals surface area contributed by atoms with Crippen molar-refractivity contribution in [3.63, 3.8) is 0 Å². The van der Waals surface area contributed by atoms with Crippen molar-refractivity contribution < 1.29 is 0 Å². The molecular formula is C17H29NS. The molecule has 1 aliphatic carbocycles. The molecule has 2 heteroatoms. The third-order valence-corrected chi connectivity index (χ3v) is 5.76. The van der Waals surface area contributed by atoms with Crippen LogP contribution in [0.2, 0.25) is 0 Å². The Morgan fingerprint density at radius 2 is 1.84 bits per heavy atom. The van der Waals surface area contributed by atoms with E-state index in [2.05, 4.69) is 45.1 Å². The molecule has 3 atom stereocenters. The van der Waals surface area contributed by atoms with Crippen LogP contribution in [0, 0.1) is 17.8 Å². The first-order valence-corrected chi connectivity index (χ1v) is 8.77. The lowest BCUT2D eigenvalue weighted by Gasteiger charge is -2.36. The lowest BCUT2D eigenvalue weighted by atomic mass is 9.73. The number of rotatable bonds is 5. The summed E-state index contributed by atoms with van der Waals surface area (Å²) in [5, 5.41) is 3.76. The van der Waals surface area contributed by atoms with Gasteiger partial charge in [0.2, 0.25) is 0 Å². The molecule has 3 unspecified atom stereocenters. The van der Waals surface area contributed by atoms with Gasteiger partial charge in [0, 0.05) is 15.8 Å². The minimum absolute atomic E-state index is 0.584. The van der Waals surface area contributed by atoms with Crippen molar-refractivity contribution in [3.05, 3.63) is 21.9 Å². The van der Waals surface area contributed by atoms with Gasteiger partial charge in [0.15, 0.2) is 0 Å². The van der Waals surface area contributed by atoms with Crippen molar-refractivity contribution in [1.82, 2.24) is 5.32 Å². The molecule has 0 spiro atoms. The summed E-state index contributed by atoms with van der Waals surface area (Å²) in [5.74, 6) is 2.60. The molecule has 1 heterocycles. The summed E-state index contributed by atoms with van der Waals surface area (Å²) in [7, 11) is 0. The van der Waals surface area contributed by atoms with Gasteiger partial charge in [-0.05, 0) is 62.1 Å². The fourth-order valence-electron chi connectivity index (χ4n) is 3.75. The van der Waals surface area contributed by atoms with Gasteiger partial charge in [-0.2, -0.15) is 0 Å². The minimum Gasteiger partial charge on any atom is -0.309 e. The fourth-order valence-corrected chi connectivity index (χ4v) is 4.87. The van der Waals surface area contributed by atoms with Crippen molar-refractivity contribution in [1.29, 1.82) is 0 Å². The summed E-state index contributed by atoms with van der Waals surface area (Å²) in [4.78, 5) is 3.08. The van der Waals surface area contributed by atoms with E-state index in [-0.39, 0.29) is 0 Å². The average Bonchev–Trinajstić information content (AvgIpc) is 2.83. The van der Waals surface area contributed by atoms with Gasteiger partial charge in [-0.1, -0.05) is 27.7 Å². The molecule has 1 aromatic rings. The van der Waals surface area contributed by atoms with Crippen LogP contribution >= 0.6 is 11.3 Å². The molecule has 108 valence electrons. The summed E-state index contributed by atoms with van der Waals surface area (Å²) in [6.45, 7) is 10.4. The molecule has 0 saturated heterocycles. The first-order valence-electron chi connectivity index (χ1n) is 7.96. The second kappa shape index (κ2) is 6.90. The van der Waals surface area contributed by atoms with E-state index in [0.29, 0.717) is 6.04 Å². The van der Waals surface area contributed by atoms with Gasteiger partial charge >= 0.3 is 0 Å². The zero-order chi connectivity index (χ0) is 13.8. The van der Waals surface area contributed by atoms with E-state index in [0.717, 1.165) is 24.3 Å². The summed E-state index contributed by atoms with van der Waals surface area (Å²) in [6, 6.07) is 5.27. The van der Waals surface area contributed by atoms with E-state index in [1.807, 2.05) is 11.3 Å². The molecule has 1 fully saturated rings. The second-order valence-electron chi connectivity index (χ2n) is 6.37. The number of thiophene rings is 1. The molecule has 0 amide bonds. The molecule has 1 aromatic heterocycles.